The lowest BCUT2D eigenvalue weighted by Crippen LogP contribution is -2.42. The zero-order valence-electron chi connectivity index (χ0n) is 22.3. The number of fused-ring (bicyclic) bond motifs is 1. The Labute approximate surface area is 227 Å². The van der Waals surface area contributed by atoms with Crippen LogP contribution in [0.2, 0.25) is 0 Å². The van der Waals surface area contributed by atoms with Crippen LogP contribution in [0.3, 0.4) is 0 Å². The lowest BCUT2D eigenvalue weighted by atomic mass is 10.0. The molecule has 2 aromatic carbocycles. The summed E-state index contributed by atoms with van der Waals surface area (Å²) in [6.07, 6.45) is 0.921. The Morgan fingerprint density at radius 2 is 2.03 bits per heavy atom. The molecule has 0 saturated carbocycles. The number of nitrogens with zero attached hydrogens (tertiary/aromatic N) is 3. The zero-order valence-corrected chi connectivity index (χ0v) is 23.1. The molecule has 1 aliphatic carbocycles. The van der Waals surface area contributed by atoms with Gasteiger partial charge in [0.1, 0.15) is 22.4 Å². The third-order valence-electron chi connectivity index (χ3n) is 6.08. The number of hydrogen-bond acceptors (Lipinski definition) is 8. The van der Waals surface area contributed by atoms with Gasteiger partial charge in [-0.2, -0.15) is 5.26 Å². The molecule has 4 rings (SSSR count). The molecule has 200 valence electrons. The van der Waals surface area contributed by atoms with Crippen molar-refractivity contribution in [3.63, 3.8) is 0 Å². The summed E-state index contributed by atoms with van der Waals surface area (Å²) in [4.78, 5) is 20.0. The lowest BCUT2D eigenvalue weighted by Gasteiger charge is -2.32. The maximum absolute atomic E-state index is 13.0. The molecule has 1 aliphatic rings. The van der Waals surface area contributed by atoms with Crippen LogP contribution >= 0.6 is 11.3 Å². The molecule has 0 radical (unpaired) electrons. The molecule has 2 N–H and O–H groups in total. The number of ether oxygens (including phenoxy) is 2. The normalized spacial score (nSPS) is 14.9. The van der Waals surface area contributed by atoms with Crippen molar-refractivity contribution >= 4 is 17.4 Å². The summed E-state index contributed by atoms with van der Waals surface area (Å²) in [5, 5.41) is 29.8. The highest BCUT2D eigenvalue weighted by molar-refractivity contribution is 7.18. The zero-order chi connectivity index (χ0) is 27.6. The molecule has 0 unspecified atom stereocenters. The smallest absolute Gasteiger partial charge is 0.410 e. The van der Waals surface area contributed by atoms with Crippen LogP contribution in [0.1, 0.15) is 63.8 Å². The topological polar surface area (TPSA) is 116 Å². The van der Waals surface area contributed by atoms with Crippen molar-refractivity contribution < 1.29 is 24.5 Å². The van der Waals surface area contributed by atoms with Gasteiger partial charge in [-0.15, -0.1) is 11.3 Å². The second-order valence-electron chi connectivity index (χ2n) is 10.6. The number of carbonyl (C=O) groups excluding carboxylic acids is 1. The summed E-state index contributed by atoms with van der Waals surface area (Å²) >= 11 is 1.53. The lowest BCUT2D eigenvalue weighted by molar-refractivity contribution is -0.0721. The molecule has 38 heavy (non-hydrogen) atoms. The monoisotopic (exact) mass is 535 g/mol. The molecule has 3 aromatic rings. The van der Waals surface area contributed by atoms with Crippen molar-refractivity contribution in [1.82, 2.24) is 9.88 Å². The van der Waals surface area contributed by atoms with Gasteiger partial charge < -0.3 is 19.7 Å². The van der Waals surface area contributed by atoms with Crippen LogP contribution in [-0.2, 0) is 11.2 Å². The first-order chi connectivity index (χ1) is 18.0. The number of benzene rings is 2. The van der Waals surface area contributed by atoms with Crippen LogP contribution in [0.4, 0.5) is 4.79 Å². The van der Waals surface area contributed by atoms with Crippen LogP contribution in [0.25, 0.3) is 21.0 Å². The first-order valence-corrected chi connectivity index (χ1v) is 13.4. The first-order valence-electron chi connectivity index (χ1n) is 12.6. The molecule has 8 nitrogen and oxygen atoms in total. The molecule has 1 aromatic heterocycles. The van der Waals surface area contributed by atoms with E-state index in [0.717, 1.165) is 38.6 Å². The van der Waals surface area contributed by atoms with E-state index >= 15 is 0 Å². The van der Waals surface area contributed by atoms with E-state index in [0.29, 0.717) is 17.7 Å². The van der Waals surface area contributed by atoms with E-state index in [1.807, 2.05) is 44.3 Å². The molecule has 0 fully saturated rings. The molecule has 1 heterocycles. The van der Waals surface area contributed by atoms with E-state index in [9.17, 15) is 20.3 Å². The third-order valence-corrected chi connectivity index (χ3v) is 7.16. The quantitative estimate of drug-likeness (QED) is 0.374. The summed E-state index contributed by atoms with van der Waals surface area (Å²) < 4.78 is 11.3. The fourth-order valence-corrected chi connectivity index (χ4v) is 5.62. The van der Waals surface area contributed by atoms with E-state index in [4.69, 9.17) is 9.47 Å². The van der Waals surface area contributed by atoms with Gasteiger partial charge in [0.25, 0.3) is 0 Å². The fraction of sp³-hybridized carbons (Fsp3) is 0.414. The highest BCUT2D eigenvalue weighted by Crippen LogP contribution is 2.43. The van der Waals surface area contributed by atoms with Crippen LogP contribution in [-0.4, -0.2) is 50.7 Å². The first kappa shape index (κ1) is 27.6. The Balaban J connectivity index is 1.65. The van der Waals surface area contributed by atoms with E-state index in [-0.39, 0.29) is 18.7 Å². The van der Waals surface area contributed by atoms with Gasteiger partial charge in [0, 0.05) is 11.8 Å². The van der Waals surface area contributed by atoms with E-state index < -0.39 is 18.0 Å². The molecule has 0 bridgehead atoms. The number of aromatic nitrogens is 1. The van der Waals surface area contributed by atoms with Crippen LogP contribution in [0, 0.1) is 11.3 Å². The largest absolute Gasteiger partial charge is 0.490 e. The predicted molar refractivity (Wildman–Crippen MR) is 146 cm³/mol. The summed E-state index contributed by atoms with van der Waals surface area (Å²) in [5.74, 6) is 0.553. The number of amides is 1. The molecule has 9 heteroatoms. The van der Waals surface area contributed by atoms with E-state index in [1.54, 1.807) is 32.9 Å². The Hall–Kier alpha value is -3.45. The number of nitriles is 1. The number of rotatable bonds is 7. The molecule has 0 aliphatic heterocycles. The summed E-state index contributed by atoms with van der Waals surface area (Å²) in [6.45, 7) is 8.94. The van der Waals surface area contributed by atoms with Crippen molar-refractivity contribution in [1.29, 1.82) is 5.26 Å². The number of thiazole rings is 1. The minimum Gasteiger partial charge on any atom is -0.490 e. The van der Waals surface area contributed by atoms with Gasteiger partial charge in [-0.3, -0.25) is 4.90 Å². The van der Waals surface area contributed by atoms with Gasteiger partial charge in [-0.25, -0.2) is 9.78 Å². The molecule has 0 saturated heterocycles. The molecule has 0 spiro atoms. The Kier molecular flexibility index (Phi) is 8.07. The second kappa shape index (κ2) is 11.1. The van der Waals surface area contributed by atoms with Gasteiger partial charge in [0.15, 0.2) is 6.29 Å². The molecule has 1 atom stereocenters. The highest BCUT2D eigenvalue weighted by Gasteiger charge is 2.35. The maximum atomic E-state index is 13.0. The summed E-state index contributed by atoms with van der Waals surface area (Å²) in [7, 11) is 0. The highest BCUT2D eigenvalue weighted by atomic mass is 32.1. The summed E-state index contributed by atoms with van der Waals surface area (Å²) in [6, 6.07) is 13.3. The van der Waals surface area contributed by atoms with Gasteiger partial charge in [-0.1, -0.05) is 18.2 Å². The molecular formula is C29H33N3O5S. The van der Waals surface area contributed by atoms with Crippen molar-refractivity contribution in [2.75, 3.05) is 6.54 Å². The second-order valence-corrected chi connectivity index (χ2v) is 11.6. The molecule has 1 amide bonds. The van der Waals surface area contributed by atoms with Gasteiger partial charge in [0.2, 0.25) is 0 Å². The number of aliphatic hydroxyl groups excluding tert-OH is 1. The van der Waals surface area contributed by atoms with Gasteiger partial charge in [0.05, 0.1) is 29.1 Å². The number of aliphatic hydroxyl groups is 2. The van der Waals surface area contributed by atoms with Crippen molar-refractivity contribution in [2.45, 2.75) is 71.5 Å². The minimum absolute atomic E-state index is 0.0321. The predicted octanol–water partition coefficient (Wildman–Crippen LogP) is 5.67. The average Bonchev–Trinajstić information content (AvgIpc) is 3.49. The Morgan fingerprint density at radius 1 is 1.26 bits per heavy atom. The van der Waals surface area contributed by atoms with Gasteiger partial charge in [-0.05, 0) is 82.3 Å². The number of hydrogen-bond donors (Lipinski definition) is 2. The standard InChI is InChI=1S/C29H33N3O5S/c1-17(2)36-24-12-9-18(13-19(24)14-30)27-31-15-25(38-27)22-8-6-7-21-20(22)10-11-23(21)32(16-26(33)34)28(35)37-29(3,4)5/h6-9,12-13,15,17,23,26,33-34H,10-11,16H2,1-5H3/t23-/m0/s1. The Bertz CT molecular complexity index is 1350. The average molecular weight is 536 g/mol. The third kappa shape index (κ3) is 6.16. The van der Waals surface area contributed by atoms with E-state index in [2.05, 4.69) is 11.1 Å². The fourth-order valence-electron chi connectivity index (χ4n) is 4.65. The van der Waals surface area contributed by atoms with Crippen LogP contribution in [0.15, 0.2) is 42.6 Å². The number of carbonyl (C=O) groups is 1. The van der Waals surface area contributed by atoms with Crippen LogP contribution < -0.4 is 4.74 Å². The Morgan fingerprint density at radius 3 is 2.68 bits per heavy atom. The van der Waals surface area contributed by atoms with Crippen molar-refractivity contribution in [3.8, 4) is 32.8 Å². The summed E-state index contributed by atoms with van der Waals surface area (Å²) in [5.41, 5.74) is 3.69. The van der Waals surface area contributed by atoms with Crippen molar-refractivity contribution in [3.05, 3.63) is 59.3 Å². The minimum atomic E-state index is -1.67. The van der Waals surface area contributed by atoms with E-state index in [1.165, 1.54) is 16.2 Å². The van der Waals surface area contributed by atoms with Gasteiger partial charge >= 0.3 is 6.09 Å². The molecular weight excluding hydrogens is 502 g/mol. The SMILES string of the molecule is CC(C)Oc1ccc(-c2ncc(-c3cccc4c3CC[C@@H]4N(CC(O)O)C(=O)OC(C)(C)C)s2)cc1C#N. The van der Waals surface area contributed by atoms with Crippen LogP contribution in [0.5, 0.6) is 5.75 Å². The van der Waals surface area contributed by atoms with Crippen molar-refractivity contribution in [2.24, 2.45) is 0 Å². The maximum Gasteiger partial charge on any atom is 0.410 e.